The second-order valence-electron chi connectivity index (χ2n) is 14.8. The lowest BCUT2D eigenvalue weighted by Crippen LogP contribution is -2.15. The highest BCUT2D eigenvalue weighted by Crippen LogP contribution is 2.56. The normalized spacial score (nSPS) is 14.8. The number of anilines is 3. The number of fused-ring (bicyclic) bond motifs is 13. The van der Waals surface area contributed by atoms with Crippen LogP contribution in [0.3, 0.4) is 0 Å². The number of nitrogens with zero attached hydrogens (tertiary/aromatic N) is 1. The largest absolute Gasteiger partial charge is 0.455 e. The van der Waals surface area contributed by atoms with Crippen molar-refractivity contribution in [3.8, 4) is 11.1 Å². The van der Waals surface area contributed by atoms with Gasteiger partial charge in [-0.05, 0) is 106 Å². The number of hydrogen-bond donors (Lipinski definition) is 0. The summed E-state index contributed by atoms with van der Waals surface area (Å²) in [5, 5.41) is 7.47. The van der Waals surface area contributed by atoms with E-state index in [0.29, 0.717) is 0 Å². The van der Waals surface area contributed by atoms with Gasteiger partial charge < -0.3 is 9.32 Å². The third-order valence-corrected chi connectivity index (χ3v) is 12.6. The summed E-state index contributed by atoms with van der Waals surface area (Å²) in [5.41, 5.74) is 12.8. The Labute approximate surface area is 306 Å². The second-order valence-corrected chi connectivity index (χ2v) is 15.8. The fourth-order valence-corrected chi connectivity index (χ4v) is 10.1. The Morgan fingerprint density at radius 2 is 1.37 bits per heavy atom. The van der Waals surface area contributed by atoms with Gasteiger partial charge in [0.05, 0.1) is 0 Å². The van der Waals surface area contributed by atoms with Gasteiger partial charge in [-0.15, -0.1) is 11.3 Å². The summed E-state index contributed by atoms with van der Waals surface area (Å²) in [6, 6.07) is 49.1. The van der Waals surface area contributed by atoms with Gasteiger partial charge >= 0.3 is 0 Å². The molecular formula is C49H35NOS. The maximum absolute atomic E-state index is 7.16. The molecule has 7 aromatic carbocycles. The van der Waals surface area contributed by atoms with Gasteiger partial charge in [0.2, 0.25) is 0 Å². The maximum Gasteiger partial charge on any atom is 0.144 e. The van der Waals surface area contributed by atoms with Crippen molar-refractivity contribution >= 4 is 86.9 Å². The number of hydrogen-bond acceptors (Lipinski definition) is 3. The Morgan fingerprint density at radius 1 is 0.615 bits per heavy atom. The molecule has 2 aliphatic carbocycles. The van der Waals surface area contributed by atoms with Crippen molar-refractivity contribution in [3.05, 3.63) is 168 Å². The van der Waals surface area contributed by atoms with E-state index in [-0.39, 0.29) is 5.41 Å². The second kappa shape index (κ2) is 11.0. The average molecular weight is 686 g/mol. The smallest absolute Gasteiger partial charge is 0.144 e. The van der Waals surface area contributed by atoms with Crippen molar-refractivity contribution in [3.63, 3.8) is 0 Å². The van der Waals surface area contributed by atoms with E-state index in [9.17, 15) is 0 Å². The van der Waals surface area contributed by atoms with Crippen LogP contribution in [-0.4, -0.2) is 0 Å². The number of furan rings is 1. The molecule has 3 heteroatoms. The summed E-state index contributed by atoms with van der Waals surface area (Å²) in [7, 11) is 0. The van der Waals surface area contributed by atoms with E-state index < -0.39 is 0 Å². The minimum Gasteiger partial charge on any atom is -0.455 e. The van der Waals surface area contributed by atoms with Gasteiger partial charge in [0.1, 0.15) is 11.2 Å². The molecule has 2 nitrogen and oxygen atoms in total. The van der Waals surface area contributed by atoms with E-state index in [1.807, 2.05) is 11.3 Å². The molecule has 11 rings (SSSR count). The third-order valence-electron chi connectivity index (χ3n) is 11.4. The molecule has 0 saturated carbocycles. The summed E-state index contributed by atoms with van der Waals surface area (Å²) in [4.78, 5) is 2.36. The zero-order valence-electron chi connectivity index (χ0n) is 29.1. The van der Waals surface area contributed by atoms with Crippen LogP contribution in [0.5, 0.6) is 0 Å². The Hall–Kier alpha value is -5.90. The van der Waals surface area contributed by atoms with Crippen LogP contribution in [0.15, 0.2) is 156 Å². The van der Waals surface area contributed by atoms with Crippen molar-refractivity contribution in [2.24, 2.45) is 0 Å². The van der Waals surface area contributed by atoms with Crippen molar-refractivity contribution in [1.29, 1.82) is 0 Å². The maximum atomic E-state index is 7.16. The van der Waals surface area contributed by atoms with E-state index in [2.05, 4.69) is 170 Å². The van der Waals surface area contributed by atoms with Gasteiger partial charge in [0.15, 0.2) is 0 Å². The van der Waals surface area contributed by atoms with Gasteiger partial charge in [0.25, 0.3) is 0 Å². The molecule has 0 aliphatic heterocycles. The van der Waals surface area contributed by atoms with Gasteiger partial charge in [-0.3, -0.25) is 0 Å². The highest BCUT2D eigenvalue weighted by molar-refractivity contribution is 7.25. The van der Waals surface area contributed by atoms with E-state index >= 15 is 0 Å². The lowest BCUT2D eigenvalue weighted by Gasteiger charge is -2.25. The first-order valence-corrected chi connectivity index (χ1v) is 19.1. The highest BCUT2D eigenvalue weighted by Gasteiger charge is 2.40. The summed E-state index contributed by atoms with van der Waals surface area (Å²) < 4.78 is 9.78. The zero-order valence-corrected chi connectivity index (χ0v) is 29.9. The van der Waals surface area contributed by atoms with Crippen molar-refractivity contribution in [2.75, 3.05) is 4.90 Å². The summed E-state index contributed by atoms with van der Waals surface area (Å²) in [5.74, 6) is 0. The lowest BCUT2D eigenvalue weighted by molar-refractivity contribution is 0.657. The van der Waals surface area contributed by atoms with Crippen LogP contribution in [0.1, 0.15) is 43.4 Å². The fourth-order valence-electron chi connectivity index (χ4n) is 9.06. The molecule has 2 aromatic heterocycles. The minimum absolute atomic E-state index is 0.174. The molecule has 0 spiro atoms. The summed E-state index contributed by atoms with van der Waals surface area (Å²) >= 11 is 1.85. The molecule has 0 unspecified atom stereocenters. The van der Waals surface area contributed by atoms with Crippen molar-refractivity contribution in [1.82, 2.24) is 0 Å². The van der Waals surface area contributed by atoms with E-state index in [4.69, 9.17) is 4.42 Å². The summed E-state index contributed by atoms with van der Waals surface area (Å²) in [6.45, 7) is 4.75. The first-order chi connectivity index (χ1) is 25.5. The molecule has 2 aliphatic rings. The molecule has 0 amide bonds. The first kappa shape index (κ1) is 29.8. The molecule has 0 fully saturated rings. The SMILES string of the molecule is CC1(C)c2ccc(C3=CCCC=C3)cc2-c2c1c1ccccc1c1c2oc2cc(N(c3ccccc3)c3ccc4sc5ccccc5c4c3)ccc21. The molecule has 0 atom stereocenters. The third kappa shape index (κ3) is 4.23. The predicted octanol–water partition coefficient (Wildman–Crippen LogP) is 14.6. The van der Waals surface area contributed by atoms with Gasteiger partial charge in [-0.25, -0.2) is 0 Å². The number of allylic oxidation sites excluding steroid dienone is 4. The quantitative estimate of drug-likeness (QED) is 0.183. The highest BCUT2D eigenvalue weighted by atomic mass is 32.1. The van der Waals surface area contributed by atoms with Crippen LogP contribution in [0.2, 0.25) is 0 Å². The minimum atomic E-state index is -0.174. The summed E-state index contributed by atoms with van der Waals surface area (Å²) in [6.07, 6.45) is 9.14. The van der Waals surface area contributed by atoms with Crippen LogP contribution >= 0.6 is 11.3 Å². The molecule has 0 N–H and O–H groups in total. The average Bonchev–Trinajstić information content (AvgIpc) is 3.83. The molecule has 52 heavy (non-hydrogen) atoms. The monoisotopic (exact) mass is 685 g/mol. The zero-order chi connectivity index (χ0) is 34.6. The van der Waals surface area contributed by atoms with Crippen LogP contribution in [-0.2, 0) is 5.41 Å². The van der Waals surface area contributed by atoms with E-state index in [0.717, 1.165) is 46.5 Å². The van der Waals surface area contributed by atoms with Gasteiger partial charge in [0, 0.05) is 65.1 Å². The Morgan fingerprint density at radius 3 is 2.21 bits per heavy atom. The molecule has 0 saturated heterocycles. The van der Waals surface area contributed by atoms with E-state index in [1.165, 1.54) is 69.7 Å². The molecular weight excluding hydrogens is 651 g/mol. The Balaban J connectivity index is 1.16. The van der Waals surface area contributed by atoms with Crippen LogP contribution < -0.4 is 4.90 Å². The molecule has 0 bridgehead atoms. The number of para-hydroxylation sites is 1. The molecule has 9 aromatic rings. The molecule has 248 valence electrons. The van der Waals surface area contributed by atoms with E-state index in [1.54, 1.807) is 0 Å². The van der Waals surface area contributed by atoms with Crippen LogP contribution in [0.25, 0.3) is 69.6 Å². The fraction of sp³-hybridized carbons (Fsp3) is 0.102. The van der Waals surface area contributed by atoms with Crippen LogP contribution in [0.4, 0.5) is 17.1 Å². The van der Waals surface area contributed by atoms with Gasteiger partial charge in [-0.2, -0.15) is 0 Å². The van der Waals surface area contributed by atoms with Crippen LogP contribution in [0, 0.1) is 0 Å². The predicted molar refractivity (Wildman–Crippen MR) is 223 cm³/mol. The van der Waals surface area contributed by atoms with Crippen molar-refractivity contribution < 1.29 is 4.42 Å². The number of thiophene rings is 1. The van der Waals surface area contributed by atoms with Crippen molar-refractivity contribution in [2.45, 2.75) is 32.1 Å². The molecule has 2 heterocycles. The first-order valence-electron chi connectivity index (χ1n) is 18.2. The Kier molecular flexibility index (Phi) is 6.33. The molecule has 0 radical (unpaired) electrons. The standard InChI is InChI=1S/C49H35NOS/c1-49(2)41-25-21-31(30-13-5-3-6-14-30)27-40(41)46-47(49)37-19-10-9-18-36(37)45-38-24-22-34(29-42(38)51-48(45)46)50(32-15-7-4-8-16-32)33-23-26-44-39(28-33)35-17-11-12-20-43(35)52-44/h4-5,7-29H,3,6H2,1-2H3. The van der Waals surface area contributed by atoms with Gasteiger partial charge in [-0.1, -0.05) is 105 Å². The number of benzene rings is 7. The number of rotatable bonds is 4. The topological polar surface area (TPSA) is 16.4 Å². The Bertz CT molecular complexity index is 2990. The lowest BCUT2D eigenvalue weighted by atomic mass is 9.79.